The summed E-state index contributed by atoms with van der Waals surface area (Å²) in [6, 6.07) is 3.19. The van der Waals surface area contributed by atoms with E-state index in [9.17, 15) is 4.79 Å². The molecule has 0 aliphatic carbocycles. The van der Waals surface area contributed by atoms with Crippen LogP contribution in [0.3, 0.4) is 0 Å². The molecule has 0 spiro atoms. The van der Waals surface area contributed by atoms with Crippen molar-refractivity contribution >= 4 is 5.91 Å². The van der Waals surface area contributed by atoms with Crippen LogP contribution in [0.4, 0.5) is 0 Å². The Bertz CT molecular complexity index is 334. The molecule has 96 valence electrons. The number of nitrogens with zero attached hydrogens (tertiary/aromatic N) is 2. The van der Waals surface area contributed by atoms with Crippen LogP contribution in [0.5, 0.6) is 0 Å². The standard InChI is InChI=1S/C12H21N3O2/c1-10(13)12(16)15(7-6-14(2)3)9-11-5-4-8-17-11/h4-5,8,10H,6-7,9,13H2,1-3H3/t10-/m1/s1. The van der Waals surface area contributed by atoms with Crippen LogP contribution in [0.1, 0.15) is 12.7 Å². The molecular weight excluding hydrogens is 218 g/mol. The topological polar surface area (TPSA) is 62.7 Å². The molecule has 0 aromatic carbocycles. The number of amides is 1. The van der Waals surface area contributed by atoms with Gasteiger partial charge in [0.1, 0.15) is 5.76 Å². The molecule has 1 heterocycles. The Kier molecular flexibility index (Phi) is 5.18. The van der Waals surface area contributed by atoms with Crippen LogP contribution >= 0.6 is 0 Å². The minimum atomic E-state index is -0.480. The minimum absolute atomic E-state index is 0.0525. The molecule has 1 rings (SSSR count). The van der Waals surface area contributed by atoms with Gasteiger partial charge in [0.05, 0.1) is 18.8 Å². The molecule has 0 aliphatic heterocycles. The van der Waals surface area contributed by atoms with Gasteiger partial charge in [-0.1, -0.05) is 0 Å². The lowest BCUT2D eigenvalue weighted by molar-refractivity contribution is -0.133. The number of furan rings is 1. The highest BCUT2D eigenvalue weighted by molar-refractivity contribution is 5.81. The molecule has 5 heteroatoms. The van der Waals surface area contributed by atoms with Gasteiger partial charge < -0.3 is 20.0 Å². The summed E-state index contributed by atoms with van der Waals surface area (Å²) in [5.74, 6) is 0.723. The first-order valence-electron chi connectivity index (χ1n) is 5.72. The molecule has 0 fully saturated rings. The number of hydrogen-bond acceptors (Lipinski definition) is 4. The van der Waals surface area contributed by atoms with Crippen molar-refractivity contribution in [2.24, 2.45) is 5.73 Å². The van der Waals surface area contributed by atoms with Gasteiger partial charge in [-0.25, -0.2) is 0 Å². The van der Waals surface area contributed by atoms with E-state index >= 15 is 0 Å². The maximum Gasteiger partial charge on any atom is 0.239 e. The van der Waals surface area contributed by atoms with Crippen molar-refractivity contribution in [2.45, 2.75) is 19.5 Å². The molecule has 17 heavy (non-hydrogen) atoms. The third-order valence-electron chi connectivity index (χ3n) is 2.45. The summed E-state index contributed by atoms with van der Waals surface area (Å²) in [5, 5.41) is 0. The summed E-state index contributed by atoms with van der Waals surface area (Å²) in [7, 11) is 3.95. The minimum Gasteiger partial charge on any atom is -0.467 e. The Morgan fingerprint density at radius 1 is 1.47 bits per heavy atom. The molecule has 1 aromatic rings. The lowest BCUT2D eigenvalue weighted by Gasteiger charge is -2.25. The number of likely N-dealkylation sites (N-methyl/N-ethyl adjacent to an activating group) is 1. The second-order valence-corrected chi connectivity index (χ2v) is 4.43. The summed E-state index contributed by atoms with van der Waals surface area (Å²) >= 11 is 0. The van der Waals surface area contributed by atoms with E-state index in [0.29, 0.717) is 13.1 Å². The average molecular weight is 239 g/mol. The monoisotopic (exact) mass is 239 g/mol. The molecule has 0 saturated carbocycles. The quantitative estimate of drug-likeness (QED) is 0.786. The molecule has 1 atom stereocenters. The number of nitrogens with two attached hydrogens (primary N) is 1. The van der Waals surface area contributed by atoms with Crippen molar-refractivity contribution in [3.05, 3.63) is 24.2 Å². The predicted molar refractivity (Wildman–Crippen MR) is 66.3 cm³/mol. The Morgan fingerprint density at radius 3 is 2.65 bits per heavy atom. The van der Waals surface area contributed by atoms with Crippen LogP contribution in [-0.2, 0) is 11.3 Å². The lowest BCUT2D eigenvalue weighted by Crippen LogP contribution is -2.44. The van der Waals surface area contributed by atoms with E-state index in [0.717, 1.165) is 12.3 Å². The van der Waals surface area contributed by atoms with Crippen LogP contribution in [-0.4, -0.2) is 48.9 Å². The Balaban J connectivity index is 2.61. The van der Waals surface area contributed by atoms with E-state index in [1.807, 2.05) is 31.1 Å². The van der Waals surface area contributed by atoms with Crippen LogP contribution in [0.15, 0.2) is 22.8 Å². The molecule has 0 radical (unpaired) electrons. The molecule has 5 nitrogen and oxygen atoms in total. The number of carbonyl (C=O) groups excluding carboxylic acids is 1. The zero-order valence-corrected chi connectivity index (χ0v) is 10.7. The van der Waals surface area contributed by atoms with Gasteiger partial charge >= 0.3 is 0 Å². The smallest absolute Gasteiger partial charge is 0.239 e. The van der Waals surface area contributed by atoms with Crippen molar-refractivity contribution in [3.63, 3.8) is 0 Å². The first-order chi connectivity index (χ1) is 8.00. The van der Waals surface area contributed by atoms with Gasteiger partial charge in [-0.2, -0.15) is 0 Å². The molecule has 1 aromatic heterocycles. The number of hydrogen-bond donors (Lipinski definition) is 1. The zero-order valence-electron chi connectivity index (χ0n) is 10.7. The van der Waals surface area contributed by atoms with Crippen molar-refractivity contribution in [1.82, 2.24) is 9.80 Å². The predicted octanol–water partition coefficient (Wildman–Crippen LogP) is 0.517. The molecule has 0 unspecified atom stereocenters. The molecular formula is C12H21N3O2. The highest BCUT2D eigenvalue weighted by atomic mass is 16.3. The van der Waals surface area contributed by atoms with Crippen LogP contribution in [0.25, 0.3) is 0 Å². The van der Waals surface area contributed by atoms with Crippen LogP contribution in [0.2, 0.25) is 0 Å². The van der Waals surface area contributed by atoms with E-state index in [1.54, 1.807) is 18.1 Å². The van der Waals surface area contributed by atoms with Gasteiger partial charge in [-0.15, -0.1) is 0 Å². The van der Waals surface area contributed by atoms with Gasteiger partial charge in [-0.3, -0.25) is 4.79 Å². The molecule has 1 amide bonds. The van der Waals surface area contributed by atoms with E-state index in [-0.39, 0.29) is 5.91 Å². The fourth-order valence-electron chi connectivity index (χ4n) is 1.47. The molecule has 0 aliphatic rings. The largest absolute Gasteiger partial charge is 0.467 e. The maximum absolute atomic E-state index is 11.9. The second-order valence-electron chi connectivity index (χ2n) is 4.43. The average Bonchev–Trinajstić information content (AvgIpc) is 2.75. The summed E-state index contributed by atoms with van der Waals surface area (Å²) in [5.41, 5.74) is 5.64. The number of rotatable bonds is 6. The third kappa shape index (κ3) is 4.58. The number of carbonyl (C=O) groups is 1. The summed E-state index contributed by atoms with van der Waals surface area (Å²) in [6.45, 7) is 3.63. The first kappa shape index (κ1) is 13.7. The van der Waals surface area contributed by atoms with E-state index < -0.39 is 6.04 Å². The highest BCUT2D eigenvalue weighted by Gasteiger charge is 2.18. The zero-order chi connectivity index (χ0) is 12.8. The van der Waals surface area contributed by atoms with Gasteiger partial charge in [0.15, 0.2) is 0 Å². The summed E-state index contributed by atoms with van der Waals surface area (Å²) < 4.78 is 5.25. The SMILES string of the molecule is C[C@@H](N)C(=O)N(CCN(C)C)Cc1ccco1. The molecule has 0 bridgehead atoms. The molecule has 2 N–H and O–H groups in total. The Morgan fingerprint density at radius 2 is 2.18 bits per heavy atom. The van der Waals surface area contributed by atoms with Crippen molar-refractivity contribution in [2.75, 3.05) is 27.2 Å². The van der Waals surface area contributed by atoms with E-state index in [1.165, 1.54) is 0 Å². The lowest BCUT2D eigenvalue weighted by atomic mass is 10.3. The van der Waals surface area contributed by atoms with Gasteiger partial charge in [0, 0.05) is 13.1 Å². The Hall–Kier alpha value is -1.33. The fourth-order valence-corrected chi connectivity index (χ4v) is 1.47. The van der Waals surface area contributed by atoms with E-state index in [4.69, 9.17) is 10.2 Å². The highest BCUT2D eigenvalue weighted by Crippen LogP contribution is 2.06. The van der Waals surface area contributed by atoms with Crippen molar-refractivity contribution in [3.8, 4) is 0 Å². The van der Waals surface area contributed by atoms with Gasteiger partial charge in [0.25, 0.3) is 0 Å². The van der Waals surface area contributed by atoms with Crippen molar-refractivity contribution < 1.29 is 9.21 Å². The summed E-state index contributed by atoms with van der Waals surface area (Å²) in [6.07, 6.45) is 1.61. The Labute approximate surface area is 102 Å². The van der Waals surface area contributed by atoms with Crippen LogP contribution < -0.4 is 5.73 Å². The van der Waals surface area contributed by atoms with E-state index in [2.05, 4.69) is 0 Å². The molecule has 0 saturated heterocycles. The van der Waals surface area contributed by atoms with Crippen molar-refractivity contribution in [1.29, 1.82) is 0 Å². The van der Waals surface area contributed by atoms with Gasteiger partial charge in [0.2, 0.25) is 5.91 Å². The third-order valence-corrected chi connectivity index (χ3v) is 2.45. The van der Waals surface area contributed by atoms with Gasteiger partial charge in [-0.05, 0) is 33.2 Å². The maximum atomic E-state index is 11.9. The van der Waals surface area contributed by atoms with Crippen LogP contribution in [0, 0.1) is 0 Å². The fraction of sp³-hybridized carbons (Fsp3) is 0.583. The first-order valence-corrected chi connectivity index (χ1v) is 5.72. The normalized spacial score (nSPS) is 12.8. The second kappa shape index (κ2) is 6.42. The summed E-state index contributed by atoms with van der Waals surface area (Å²) in [4.78, 5) is 15.7.